The molecule has 0 spiro atoms. The predicted molar refractivity (Wildman–Crippen MR) is 115 cm³/mol. The second-order valence-electron chi connectivity index (χ2n) is 6.93. The highest BCUT2D eigenvalue weighted by atomic mass is 35.5. The third-order valence-electron chi connectivity index (χ3n) is 4.96. The first-order valence-corrected chi connectivity index (χ1v) is 11.0. The van der Waals surface area contributed by atoms with Crippen LogP contribution in [-0.2, 0) is 16.4 Å². The van der Waals surface area contributed by atoms with E-state index in [2.05, 4.69) is 4.72 Å². The fourth-order valence-corrected chi connectivity index (χ4v) is 4.85. The smallest absolute Gasteiger partial charge is 0.261 e. The van der Waals surface area contributed by atoms with Gasteiger partial charge in [-0.2, -0.15) is 0 Å². The number of nitrogens with zero attached hydrogens (tertiary/aromatic N) is 1. The van der Waals surface area contributed by atoms with Gasteiger partial charge in [-0.05, 0) is 73.0 Å². The number of nitrogens with one attached hydrogen (secondary N) is 1. The maximum absolute atomic E-state index is 12.9. The van der Waals surface area contributed by atoms with Crippen LogP contribution >= 0.6 is 11.6 Å². The first-order valence-electron chi connectivity index (χ1n) is 9.14. The summed E-state index contributed by atoms with van der Waals surface area (Å²) >= 11 is 5.94. The number of amides is 1. The van der Waals surface area contributed by atoms with Gasteiger partial charge in [0.2, 0.25) is 0 Å². The van der Waals surface area contributed by atoms with Crippen LogP contribution in [0, 0.1) is 6.92 Å². The van der Waals surface area contributed by atoms with E-state index in [-0.39, 0.29) is 10.8 Å². The van der Waals surface area contributed by atoms with E-state index in [4.69, 9.17) is 11.6 Å². The van der Waals surface area contributed by atoms with Crippen molar-refractivity contribution in [3.63, 3.8) is 0 Å². The van der Waals surface area contributed by atoms with Crippen molar-refractivity contribution >= 4 is 38.9 Å². The molecule has 29 heavy (non-hydrogen) atoms. The Morgan fingerprint density at radius 2 is 1.79 bits per heavy atom. The molecule has 1 amide bonds. The molecule has 1 aliphatic heterocycles. The average Bonchev–Trinajstić information content (AvgIpc) is 3.13. The minimum Gasteiger partial charge on any atom is -0.308 e. The molecular weight excluding hydrogens is 408 g/mol. The largest absolute Gasteiger partial charge is 0.308 e. The van der Waals surface area contributed by atoms with Gasteiger partial charge in [0.1, 0.15) is 0 Å². The molecule has 0 fully saturated rings. The number of rotatable bonds is 4. The topological polar surface area (TPSA) is 66.5 Å². The first kappa shape index (κ1) is 19.5. The Balaban J connectivity index is 1.61. The standard InChI is InChI=1S/C22H19ClN2O3S/c1-15-13-18(23)7-9-20(15)24-29(27,28)19-8-10-21-17(14-19)11-12-25(21)22(26)16-5-3-2-4-6-16/h2-10,13-14,24H,11-12H2,1H3. The summed E-state index contributed by atoms with van der Waals surface area (Å²) in [5, 5.41) is 0.547. The number of sulfonamides is 1. The van der Waals surface area contributed by atoms with Crippen molar-refractivity contribution in [1.29, 1.82) is 0 Å². The summed E-state index contributed by atoms with van der Waals surface area (Å²) in [6.45, 7) is 2.32. The first-order chi connectivity index (χ1) is 13.8. The summed E-state index contributed by atoms with van der Waals surface area (Å²) in [6.07, 6.45) is 0.608. The van der Waals surface area contributed by atoms with Crippen molar-refractivity contribution in [2.75, 3.05) is 16.2 Å². The van der Waals surface area contributed by atoms with Gasteiger partial charge in [0.25, 0.3) is 15.9 Å². The van der Waals surface area contributed by atoms with Crippen LogP contribution in [0.25, 0.3) is 0 Å². The summed E-state index contributed by atoms with van der Waals surface area (Å²) < 4.78 is 28.3. The number of hydrogen-bond donors (Lipinski definition) is 1. The van der Waals surface area contributed by atoms with Crippen molar-refractivity contribution in [3.05, 3.63) is 88.4 Å². The molecule has 1 heterocycles. The molecule has 1 N–H and O–H groups in total. The number of benzene rings is 3. The van der Waals surface area contributed by atoms with Gasteiger partial charge < -0.3 is 4.90 Å². The van der Waals surface area contributed by atoms with E-state index in [0.29, 0.717) is 29.2 Å². The summed E-state index contributed by atoms with van der Waals surface area (Å²) in [5.74, 6) is -0.0881. The molecule has 0 bridgehead atoms. The Bertz CT molecular complexity index is 1190. The second kappa shape index (κ2) is 7.54. The van der Waals surface area contributed by atoms with Gasteiger partial charge in [-0.15, -0.1) is 0 Å². The molecule has 7 heteroatoms. The fourth-order valence-electron chi connectivity index (χ4n) is 3.44. The molecule has 0 atom stereocenters. The zero-order valence-corrected chi connectivity index (χ0v) is 17.3. The van der Waals surface area contributed by atoms with Crippen LogP contribution in [0.5, 0.6) is 0 Å². The minimum absolute atomic E-state index is 0.0881. The van der Waals surface area contributed by atoms with Crippen LogP contribution in [0.2, 0.25) is 5.02 Å². The molecule has 3 aromatic carbocycles. The lowest BCUT2D eigenvalue weighted by Crippen LogP contribution is -2.28. The highest BCUT2D eigenvalue weighted by molar-refractivity contribution is 7.92. The van der Waals surface area contributed by atoms with Crippen LogP contribution in [0.4, 0.5) is 11.4 Å². The van der Waals surface area contributed by atoms with E-state index in [1.54, 1.807) is 54.3 Å². The summed E-state index contributed by atoms with van der Waals surface area (Å²) in [5.41, 5.74) is 3.42. The summed E-state index contributed by atoms with van der Waals surface area (Å²) in [4.78, 5) is 14.6. The van der Waals surface area contributed by atoms with Gasteiger partial charge in [0.15, 0.2) is 0 Å². The van der Waals surface area contributed by atoms with Crippen LogP contribution in [0.3, 0.4) is 0 Å². The van der Waals surface area contributed by atoms with Gasteiger partial charge in [-0.1, -0.05) is 29.8 Å². The van der Waals surface area contributed by atoms with Gasteiger partial charge >= 0.3 is 0 Å². The van der Waals surface area contributed by atoms with Crippen molar-refractivity contribution in [2.45, 2.75) is 18.2 Å². The zero-order valence-electron chi connectivity index (χ0n) is 15.7. The van der Waals surface area contributed by atoms with Gasteiger partial charge in [-0.3, -0.25) is 9.52 Å². The van der Waals surface area contributed by atoms with Crippen LogP contribution in [0.1, 0.15) is 21.5 Å². The lowest BCUT2D eigenvalue weighted by molar-refractivity contribution is 0.0989. The molecule has 5 nitrogen and oxygen atoms in total. The fraction of sp³-hybridized carbons (Fsp3) is 0.136. The third-order valence-corrected chi connectivity index (χ3v) is 6.55. The Hall–Kier alpha value is -2.83. The van der Waals surface area contributed by atoms with Gasteiger partial charge in [-0.25, -0.2) is 8.42 Å². The second-order valence-corrected chi connectivity index (χ2v) is 9.05. The molecule has 0 aromatic heterocycles. The Morgan fingerprint density at radius 3 is 2.52 bits per heavy atom. The highest BCUT2D eigenvalue weighted by Gasteiger charge is 2.27. The Morgan fingerprint density at radius 1 is 1.03 bits per heavy atom. The number of anilines is 2. The van der Waals surface area contributed by atoms with E-state index in [0.717, 1.165) is 16.8 Å². The van der Waals surface area contributed by atoms with Crippen LogP contribution < -0.4 is 9.62 Å². The van der Waals surface area contributed by atoms with Crippen LogP contribution in [-0.4, -0.2) is 20.9 Å². The molecular formula is C22H19ClN2O3S. The van der Waals surface area contributed by atoms with Crippen molar-refractivity contribution in [3.8, 4) is 0 Å². The number of aryl methyl sites for hydroxylation is 1. The molecule has 0 unspecified atom stereocenters. The van der Waals surface area contributed by atoms with Gasteiger partial charge in [0.05, 0.1) is 10.6 Å². The Kier molecular flexibility index (Phi) is 5.06. The average molecular weight is 427 g/mol. The van der Waals surface area contributed by atoms with Crippen LogP contribution in [0.15, 0.2) is 71.6 Å². The van der Waals surface area contributed by atoms with Crippen molar-refractivity contribution < 1.29 is 13.2 Å². The molecule has 0 saturated heterocycles. The molecule has 0 radical (unpaired) electrons. The molecule has 1 aliphatic rings. The van der Waals surface area contributed by atoms with E-state index in [9.17, 15) is 13.2 Å². The maximum Gasteiger partial charge on any atom is 0.261 e. The predicted octanol–water partition coefficient (Wildman–Crippen LogP) is 4.65. The maximum atomic E-state index is 12.9. The number of halogens is 1. The quantitative estimate of drug-likeness (QED) is 0.660. The number of hydrogen-bond acceptors (Lipinski definition) is 3. The highest BCUT2D eigenvalue weighted by Crippen LogP contribution is 2.32. The van der Waals surface area contributed by atoms with E-state index in [1.807, 2.05) is 18.2 Å². The number of carbonyl (C=O) groups is 1. The number of fused-ring (bicyclic) bond motifs is 1. The monoisotopic (exact) mass is 426 g/mol. The minimum atomic E-state index is -3.76. The summed E-state index contributed by atoms with van der Waals surface area (Å²) in [6, 6.07) is 18.9. The van der Waals surface area contributed by atoms with Gasteiger partial charge in [0, 0.05) is 22.8 Å². The molecule has 0 aliphatic carbocycles. The SMILES string of the molecule is Cc1cc(Cl)ccc1NS(=O)(=O)c1ccc2c(c1)CCN2C(=O)c1ccccc1. The third kappa shape index (κ3) is 3.86. The van der Waals surface area contributed by atoms with Crippen molar-refractivity contribution in [1.82, 2.24) is 0 Å². The molecule has 0 saturated carbocycles. The summed E-state index contributed by atoms with van der Waals surface area (Å²) in [7, 11) is -3.76. The lowest BCUT2D eigenvalue weighted by Gasteiger charge is -2.18. The molecule has 4 rings (SSSR count). The lowest BCUT2D eigenvalue weighted by atomic mass is 10.1. The van der Waals surface area contributed by atoms with Crippen molar-refractivity contribution in [2.24, 2.45) is 0 Å². The zero-order chi connectivity index (χ0) is 20.6. The Labute approximate surface area is 175 Å². The molecule has 148 valence electrons. The number of carbonyl (C=O) groups excluding carboxylic acids is 1. The van der Waals surface area contributed by atoms with E-state index >= 15 is 0 Å². The molecule has 3 aromatic rings. The normalized spacial score (nSPS) is 13.2. The van der Waals surface area contributed by atoms with E-state index in [1.165, 1.54) is 6.07 Å². The van der Waals surface area contributed by atoms with E-state index < -0.39 is 10.0 Å².